The van der Waals surface area contributed by atoms with Gasteiger partial charge in [0.2, 0.25) is 0 Å². The van der Waals surface area contributed by atoms with Crippen LogP contribution in [0.1, 0.15) is 110 Å². The van der Waals surface area contributed by atoms with Crippen LogP contribution in [0, 0.1) is 5.92 Å². The lowest BCUT2D eigenvalue weighted by Crippen LogP contribution is -2.54. The van der Waals surface area contributed by atoms with Gasteiger partial charge in [-0.05, 0) is 44.9 Å². The van der Waals surface area contributed by atoms with Crippen molar-refractivity contribution in [3.63, 3.8) is 0 Å². The van der Waals surface area contributed by atoms with Gasteiger partial charge in [-0.15, -0.1) is 0 Å². The third-order valence-corrected chi connectivity index (χ3v) is 8.10. The average Bonchev–Trinajstić information content (AvgIpc) is 2.82. The van der Waals surface area contributed by atoms with Gasteiger partial charge >= 0.3 is 6.92 Å². The number of hydrogen-bond acceptors (Lipinski definition) is 3. The van der Waals surface area contributed by atoms with Gasteiger partial charge in [0, 0.05) is 18.0 Å². The van der Waals surface area contributed by atoms with E-state index in [4.69, 9.17) is 4.65 Å². The molecule has 1 aromatic rings. The molecule has 1 aromatic carbocycles. The highest BCUT2D eigenvalue weighted by atomic mass is 16.5. The highest BCUT2D eigenvalue weighted by molar-refractivity contribution is 6.55. The van der Waals surface area contributed by atoms with Crippen molar-refractivity contribution < 1.29 is 9.76 Å². The Labute approximate surface area is 198 Å². The molecule has 3 atom stereocenters. The molecule has 2 aliphatic carbocycles. The predicted octanol–water partition coefficient (Wildman–Crippen LogP) is 7.48. The van der Waals surface area contributed by atoms with Crippen LogP contribution in [0.15, 0.2) is 30.3 Å². The topological polar surface area (TPSA) is 32.7 Å². The number of nitrogens with zero attached hydrogens (tertiary/aromatic N) is 1. The van der Waals surface area contributed by atoms with E-state index in [-0.39, 0.29) is 12.1 Å². The van der Waals surface area contributed by atoms with Crippen LogP contribution in [-0.2, 0) is 4.65 Å². The summed E-state index contributed by atoms with van der Waals surface area (Å²) in [7, 11) is 0. The lowest BCUT2D eigenvalue weighted by atomic mass is 9.41. The molecule has 180 valence electrons. The van der Waals surface area contributed by atoms with Gasteiger partial charge < -0.3 is 9.76 Å². The van der Waals surface area contributed by atoms with E-state index < -0.39 is 6.10 Å². The third-order valence-electron chi connectivity index (χ3n) is 8.10. The Morgan fingerprint density at radius 3 is 1.69 bits per heavy atom. The second-order valence-electron chi connectivity index (χ2n) is 11.1. The van der Waals surface area contributed by atoms with Gasteiger partial charge in [-0.1, -0.05) is 101 Å². The van der Waals surface area contributed by atoms with E-state index in [1.54, 1.807) is 0 Å². The quantitative estimate of drug-likeness (QED) is 0.302. The summed E-state index contributed by atoms with van der Waals surface area (Å²) in [4.78, 5) is 2.51. The summed E-state index contributed by atoms with van der Waals surface area (Å²) in [6, 6.07) is 10.9. The van der Waals surface area contributed by atoms with Gasteiger partial charge in [-0.25, -0.2) is 0 Å². The van der Waals surface area contributed by atoms with Crippen LogP contribution in [0.25, 0.3) is 0 Å². The van der Waals surface area contributed by atoms with Crippen molar-refractivity contribution in [1.29, 1.82) is 0 Å². The molecule has 0 heterocycles. The average molecular weight is 442 g/mol. The van der Waals surface area contributed by atoms with Gasteiger partial charge in [-0.3, -0.25) is 4.90 Å². The summed E-state index contributed by atoms with van der Waals surface area (Å²) < 4.78 is 7.28. The predicted molar refractivity (Wildman–Crippen MR) is 137 cm³/mol. The third kappa shape index (κ3) is 6.61. The summed E-state index contributed by atoms with van der Waals surface area (Å²) in [5.74, 6) is 1.35. The lowest BCUT2D eigenvalue weighted by Gasteiger charge is -2.46. The van der Waals surface area contributed by atoms with Crippen LogP contribution in [0.4, 0.5) is 0 Å². The van der Waals surface area contributed by atoms with E-state index in [0.717, 1.165) is 5.56 Å². The molecule has 32 heavy (non-hydrogen) atoms. The number of aliphatic hydroxyl groups excluding tert-OH is 1. The first-order valence-corrected chi connectivity index (χ1v) is 13.6. The zero-order valence-corrected chi connectivity index (χ0v) is 21.4. The Morgan fingerprint density at radius 1 is 0.781 bits per heavy atom. The van der Waals surface area contributed by atoms with Crippen molar-refractivity contribution in [2.45, 2.75) is 135 Å². The molecule has 3 nitrogen and oxygen atoms in total. The lowest BCUT2D eigenvalue weighted by molar-refractivity contribution is -0.0901. The molecule has 2 saturated carbocycles. The Kier molecular flexibility index (Phi) is 10.1. The van der Waals surface area contributed by atoms with Crippen molar-refractivity contribution in [1.82, 2.24) is 4.90 Å². The monoisotopic (exact) mass is 441 g/mol. The van der Waals surface area contributed by atoms with E-state index in [1.165, 1.54) is 64.2 Å². The molecule has 0 saturated heterocycles. The molecule has 1 N–H and O–H groups in total. The zero-order valence-electron chi connectivity index (χ0n) is 21.4. The Morgan fingerprint density at radius 2 is 1.25 bits per heavy atom. The molecule has 0 amide bonds. The van der Waals surface area contributed by atoms with E-state index in [0.29, 0.717) is 30.6 Å². The fourth-order valence-corrected chi connectivity index (χ4v) is 6.45. The molecule has 3 rings (SSSR count). The standard InChI is InChI=1S/C28H48BNO2/c1-21(2)30(22(3)4)28(23(5)27(31)24-15-9-6-10-16-24)32-29(25-17-11-7-12-18-25)26-19-13-8-14-20-26/h6,9-10,15-16,21-23,25-28,31H,7-8,11-14,17-20H2,1-5H3/t23-,27-,28?/m0/s1. The van der Waals surface area contributed by atoms with Gasteiger partial charge in [0.05, 0.1) is 6.10 Å². The van der Waals surface area contributed by atoms with Gasteiger partial charge in [0.25, 0.3) is 0 Å². The van der Waals surface area contributed by atoms with Crippen LogP contribution in [0.2, 0.25) is 11.6 Å². The first kappa shape index (κ1) is 25.8. The van der Waals surface area contributed by atoms with E-state index >= 15 is 0 Å². The molecule has 0 bridgehead atoms. The summed E-state index contributed by atoms with van der Waals surface area (Å²) in [5.41, 5.74) is 0.993. The summed E-state index contributed by atoms with van der Waals surface area (Å²) in [5, 5.41) is 11.4. The van der Waals surface area contributed by atoms with Crippen LogP contribution in [0.3, 0.4) is 0 Å². The van der Waals surface area contributed by atoms with Crippen LogP contribution in [-0.4, -0.2) is 35.2 Å². The van der Waals surface area contributed by atoms with Crippen LogP contribution < -0.4 is 0 Å². The fraction of sp³-hybridized carbons (Fsp3) is 0.786. The second-order valence-corrected chi connectivity index (χ2v) is 11.1. The minimum Gasteiger partial charge on any atom is -0.420 e. The SMILES string of the molecule is CC(C)N(C(C)C)C(OB(C1CCCCC1)C1CCCCC1)[C@@H](C)[C@H](O)c1ccccc1. The number of rotatable bonds is 10. The van der Waals surface area contributed by atoms with Crippen molar-refractivity contribution in [2.24, 2.45) is 5.92 Å². The molecule has 2 aliphatic rings. The molecular formula is C28H48BNO2. The molecular weight excluding hydrogens is 393 g/mol. The zero-order chi connectivity index (χ0) is 23.1. The fourth-order valence-electron chi connectivity index (χ4n) is 6.45. The molecule has 0 spiro atoms. The molecule has 4 heteroatoms. The van der Waals surface area contributed by atoms with Gasteiger partial charge in [-0.2, -0.15) is 0 Å². The molecule has 2 fully saturated rings. The van der Waals surface area contributed by atoms with Gasteiger partial charge in [0.1, 0.15) is 6.23 Å². The van der Waals surface area contributed by atoms with Crippen molar-refractivity contribution >= 4 is 6.92 Å². The Bertz CT molecular complexity index is 614. The summed E-state index contributed by atoms with van der Waals surface area (Å²) in [6.07, 6.45) is 12.8. The Hall–Kier alpha value is -0.835. The van der Waals surface area contributed by atoms with E-state index in [2.05, 4.69) is 39.5 Å². The normalized spacial score (nSPS) is 21.8. The van der Waals surface area contributed by atoms with Gasteiger partial charge in [0.15, 0.2) is 0 Å². The van der Waals surface area contributed by atoms with Crippen molar-refractivity contribution in [3.8, 4) is 0 Å². The van der Waals surface area contributed by atoms with E-state index in [9.17, 15) is 5.11 Å². The molecule has 1 unspecified atom stereocenters. The van der Waals surface area contributed by atoms with Crippen LogP contribution in [0.5, 0.6) is 0 Å². The number of benzene rings is 1. The first-order valence-electron chi connectivity index (χ1n) is 13.6. The summed E-state index contributed by atoms with van der Waals surface area (Å²) in [6.45, 7) is 11.6. The Balaban J connectivity index is 1.90. The largest absolute Gasteiger partial charge is 0.420 e. The minimum atomic E-state index is -0.528. The maximum absolute atomic E-state index is 11.4. The molecule has 0 aromatic heterocycles. The van der Waals surface area contributed by atoms with Crippen molar-refractivity contribution in [3.05, 3.63) is 35.9 Å². The highest BCUT2D eigenvalue weighted by Crippen LogP contribution is 2.43. The summed E-state index contributed by atoms with van der Waals surface area (Å²) >= 11 is 0. The molecule has 0 aliphatic heterocycles. The highest BCUT2D eigenvalue weighted by Gasteiger charge is 2.42. The maximum atomic E-state index is 11.4. The van der Waals surface area contributed by atoms with Crippen LogP contribution >= 0.6 is 0 Å². The van der Waals surface area contributed by atoms with E-state index in [1.807, 2.05) is 30.3 Å². The maximum Gasteiger partial charge on any atom is 0.301 e. The number of hydrogen-bond donors (Lipinski definition) is 1. The minimum absolute atomic E-state index is 0.00289. The van der Waals surface area contributed by atoms with Crippen molar-refractivity contribution in [2.75, 3.05) is 0 Å². The smallest absolute Gasteiger partial charge is 0.301 e. The number of aliphatic hydroxyl groups is 1. The first-order chi connectivity index (χ1) is 15.4. The second kappa shape index (κ2) is 12.6. The molecule has 0 radical (unpaired) electrons.